The molecule has 0 radical (unpaired) electrons. The summed E-state index contributed by atoms with van der Waals surface area (Å²) in [6, 6.07) is 14.4. The SMILES string of the molecule is C=C(CCCC)N1CCN(C(=C)c2ccc3c(Cl)cc(-c4ccc5n[nH]c(C)c5c4)nc3c2)CC1. The first-order valence-electron chi connectivity index (χ1n) is 12.4. The van der Waals surface area contributed by atoms with Crippen molar-refractivity contribution in [3.05, 3.63) is 77.6 Å². The van der Waals surface area contributed by atoms with Gasteiger partial charge >= 0.3 is 0 Å². The fourth-order valence-corrected chi connectivity index (χ4v) is 5.09. The largest absolute Gasteiger partial charge is 0.372 e. The average molecular weight is 486 g/mol. The van der Waals surface area contributed by atoms with Gasteiger partial charge in [-0.3, -0.25) is 5.10 Å². The van der Waals surface area contributed by atoms with Gasteiger partial charge in [0.05, 0.1) is 21.7 Å². The molecule has 1 saturated heterocycles. The molecule has 4 aromatic rings. The zero-order valence-electron chi connectivity index (χ0n) is 20.6. The molecule has 5 rings (SSSR count). The lowest BCUT2D eigenvalue weighted by molar-refractivity contribution is 0.209. The van der Waals surface area contributed by atoms with Crippen LogP contribution in [0.1, 0.15) is 37.4 Å². The van der Waals surface area contributed by atoms with E-state index in [2.05, 4.69) is 64.3 Å². The standard InChI is InChI=1S/C29H32ClN5/c1-5-6-7-19(2)34-12-14-35(15-13-34)21(4)22-8-10-24-26(30)18-28(31-29(24)17-22)23-9-11-27-25(16-23)20(3)32-33-27/h8-11,16-18H,2,4-7,12-15H2,1,3H3,(H,32,33). The van der Waals surface area contributed by atoms with Crippen molar-refractivity contribution in [3.63, 3.8) is 0 Å². The molecule has 0 saturated carbocycles. The molecule has 1 N–H and O–H groups in total. The van der Waals surface area contributed by atoms with Crippen molar-refractivity contribution in [2.24, 2.45) is 0 Å². The molecule has 0 atom stereocenters. The summed E-state index contributed by atoms with van der Waals surface area (Å²) in [7, 11) is 0. The van der Waals surface area contributed by atoms with Crippen LogP contribution in [0.15, 0.2) is 61.3 Å². The molecule has 1 fully saturated rings. The molecule has 35 heavy (non-hydrogen) atoms. The number of nitrogens with zero attached hydrogens (tertiary/aromatic N) is 4. The number of benzene rings is 2. The fraction of sp³-hybridized carbons (Fsp3) is 0.310. The highest BCUT2D eigenvalue weighted by Crippen LogP contribution is 2.32. The van der Waals surface area contributed by atoms with Crippen molar-refractivity contribution in [1.29, 1.82) is 0 Å². The molecular weight excluding hydrogens is 454 g/mol. The van der Waals surface area contributed by atoms with Crippen LogP contribution >= 0.6 is 11.6 Å². The van der Waals surface area contributed by atoms with Crippen LogP contribution in [0.4, 0.5) is 0 Å². The van der Waals surface area contributed by atoms with Gasteiger partial charge < -0.3 is 9.80 Å². The molecule has 0 aliphatic carbocycles. The zero-order chi connectivity index (χ0) is 24.5. The van der Waals surface area contributed by atoms with Crippen molar-refractivity contribution in [2.45, 2.75) is 33.1 Å². The van der Waals surface area contributed by atoms with Gasteiger partial charge in [0.25, 0.3) is 0 Å². The Bertz CT molecular complexity index is 1410. The van der Waals surface area contributed by atoms with E-state index in [1.54, 1.807) is 0 Å². The maximum atomic E-state index is 6.70. The fourth-order valence-electron chi connectivity index (χ4n) is 4.82. The second kappa shape index (κ2) is 9.74. The predicted molar refractivity (Wildman–Crippen MR) is 147 cm³/mol. The number of halogens is 1. The molecule has 0 spiro atoms. The summed E-state index contributed by atoms with van der Waals surface area (Å²) in [4.78, 5) is 9.77. The van der Waals surface area contributed by atoms with Crippen LogP contribution in [0.3, 0.4) is 0 Å². The summed E-state index contributed by atoms with van der Waals surface area (Å²) in [5.74, 6) is 0. The van der Waals surface area contributed by atoms with Crippen LogP contribution in [0.2, 0.25) is 5.02 Å². The third-order valence-corrected chi connectivity index (χ3v) is 7.37. The third-order valence-electron chi connectivity index (χ3n) is 7.06. The van der Waals surface area contributed by atoms with E-state index < -0.39 is 0 Å². The number of H-pyrrole nitrogens is 1. The molecular formula is C29H32ClN5. The van der Waals surface area contributed by atoms with E-state index in [4.69, 9.17) is 16.6 Å². The molecule has 0 amide bonds. The number of hydrogen-bond acceptors (Lipinski definition) is 4. The number of aromatic nitrogens is 3. The Balaban J connectivity index is 1.38. The highest BCUT2D eigenvalue weighted by atomic mass is 35.5. The molecule has 0 bridgehead atoms. The minimum absolute atomic E-state index is 0.699. The van der Waals surface area contributed by atoms with Gasteiger partial charge in [-0.15, -0.1) is 0 Å². The second-order valence-electron chi connectivity index (χ2n) is 9.39. The highest BCUT2D eigenvalue weighted by molar-refractivity contribution is 6.35. The summed E-state index contributed by atoms with van der Waals surface area (Å²) in [6.07, 6.45) is 3.50. The van der Waals surface area contributed by atoms with Crippen molar-refractivity contribution >= 4 is 39.1 Å². The van der Waals surface area contributed by atoms with E-state index in [9.17, 15) is 0 Å². The van der Waals surface area contributed by atoms with Gasteiger partial charge in [-0.2, -0.15) is 5.10 Å². The number of hydrogen-bond donors (Lipinski definition) is 1. The Morgan fingerprint density at radius 1 is 0.971 bits per heavy atom. The molecule has 2 aromatic carbocycles. The number of nitrogens with one attached hydrogen (secondary N) is 1. The normalized spacial score (nSPS) is 14.1. The summed E-state index contributed by atoms with van der Waals surface area (Å²) in [6.45, 7) is 16.8. The van der Waals surface area contributed by atoms with E-state index in [1.807, 2.05) is 25.1 Å². The number of unbranched alkanes of at least 4 members (excludes halogenated alkanes) is 1. The predicted octanol–water partition coefficient (Wildman–Crippen LogP) is 7.03. The highest BCUT2D eigenvalue weighted by Gasteiger charge is 2.20. The second-order valence-corrected chi connectivity index (χ2v) is 9.80. The molecule has 3 heterocycles. The van der Waals surface area contributed by atoms with Crippen LogP contribution in [0.25, 0.3) is 38.8 Å². The minimum atomic E-state index is 0.699. The van der Waals surface area contributed by atoms with Crippen LogP contribution in [0.5, 0.6) is 0 Å². The van der Waals surface area contributed by atoms with E-state index >= 15 is 0 Å². The van der Waals surface area contributed by atoms with Gasteiger partial charge in [-0.1, -0.05) is 56.3 Å². The van der Waals surface area contributed by atoms with Gasteiger partial charge in [0.1, 0.15) is 0 Å². The summed E-state index contributed by atoms with van der Waals surface area (Å²) >= 11 is 6.70. The van der Waals surface area contributed by atoms with E-state index in [-0.39, 0.29) is 0 Å². The van der Waals surface area contributed by atoms with E-state index in [0.29, 0.717) is 5.02 Å². The Morgan fingerprint density at radius 2 is 1.74 bits per heavy atom. The number of aromatic amines is 1. The first-order chi connectivity index (χ1) is 16.9. The quantitative estimate of drug-likeness (QED) is 0.305. The van der Waals surface area contributed by atoms with Crippen molar-refractivity contribution < 1.29 is 0 Å². The lowest BCUT2D eigenvalue weighted by atomic mass is 10.0. The number of rotatable bonds is 7. The molecule has 1 aliphatic rings. The maximum absolute atomic E-state index is 6.70. The smallest absolute Gasteiger partial charge is 0.0924 e. The zero-order valence-corrected chi connectivity index (χ0v) is 21.3. The topological polar surface area (TPSA) is 48.0 Å². The molecule has 2 aromatic heterocycles. The van der Waals surface area contributed by atoms with Gasteiger partial charge in [0, 0.05) is 59.6 Å². The molecule has 1 aliphatic heterocycles. The van der Waals surface area contributed by atoms with Crippen LogP contribution in [-0.2, 0) is 0 Å². The lowest BCUT2D eigenvalue weighted by Crippen LogP contribution is -2.44. The molecule has 180 valence electrons. The van der Waals surface area contributed by atoms with Crippen molar-refractivity contribution in [2.75, 3.05) is 26.2 Å². The first kappa shape index (κ1) is 23.4. The first-order valence-corrected chi connectivity index (χ1v) is 12.7. The number of allylic oxidation sites excluding steroid dienone is 1. The summed E-state index contributed by atoms with van der Waals surface area (Å²) in [5.41, 5.74) is 8.12. The van der Waals surface area contributed by atoms with Crippen molar-refractivity contribution in [3.8, 4) is 11.3 Å². The number of pyridine rings is 1. The summed E-state index contributed by atoms with van der Waals surface area (Å²) < 4.78 is 0. The third kappa shape index (κ3) is 4.65. The number of fused-ring (bicyclic) bond motifs is 2. The summed E-state index contributed by atoms with van der Waals surface area (Å²) in [5, 5.41) is 10.1. The van der Waals surface area contributed by atoms with E-state index in [0.717, 1.165) is 82.6 Å². The molecule has 0 unspecified atom stereocenters. The van der Waals surface area contributed by atoms with Gasteiger partial charge in [0.15, 0.2) is 0 Å². The lowest BCUT2D eigenvalue weighted by Gasteiger charge is -2.39. The average Bonchev–Trinajstić information content (AvgIpc) is 3.26. The Kier molecular flexibility index (Phi) is 6.52. The van der Waals surface area contributed by atoms with Gasteiger partial charge in [-0.25, -0.2) is 4.98 Å². The van der Waals surface area contributed by atoms with Gasteiger partial charge in [0.2, 0.25) is 0 Å². The van der Waals surface area contributed by atoms with E-state index in [1.165, 1.54) is 18.5 Å². The molecule has 6 heteroatoms. The van der Waals surface area contributed by atoms with Crippen LogP contribution in [0, 0.1) is 6.92 Å². The van der Waals surface area contributed by atoms with Crippen molar-refractivity contribution in [1.82, 2.24) is 25.0 Å². The Morgan fingerprint density at radius 3 is 2.51 bits per heavy atom. The number of aryl methyl sites for hydroxylation is 1. The minimum Gasteiger partial charge on any atom is -0.372 e. The Hall–Kier alpha value is -3.31. The molecule has 5 nitrogen and oxygen atoms in total. The van der Waals surface area contributed by atoms with Gasteiger partial charge in [-0.05, 0) is 49.6 Å². The number of piperazine rings is 1. The Labute approximate surface area is 212 Å². The van der Waals surface area contributed by atoms with Crippen LogP contribution in [-0.4, -0.2) is 51.2 Å². The monoisotopic (exact) mass is 485 g/mol. The maximum Gasteiger partial charge on any atom is 0.0924 e. The van der Waals surface area contributed by atoms with Crippen LogP contribution < -0.4 is 0 Å².